The number of halogens is 6. The van der Waals surface area contributed by atoms with Crippen LogP contribution in [0.3, 0.4) is 0 Å². The van der Waals surface area contributed by atoms with Crippen LogP contribution in [0, 0.1) is 0 Å². The van der Waals surface area contributed by atoms with Crippen molar-refractivity contribution in [1.29, 1.82) is 0 Å². The molecule has 0 radical (unpaired) electrons. The molecule has 2 heterocycles. The number of rotatable bonds is 13. The molecular weight excluding hydrogens is 662 g/mol. The molecular formula is C33H38F6N4O6. The Balaban J connectivity index is 0.000000500. The fourth-order valence-electron chi connectivity index (χ4n) is 4.74. The van der Waals surface area contributed by atoms with E-state index in [0.29, 0.717) is 37.4 Å². The zero-order valence-corrected chi connectivity index (χ0v) is 26.7. The van der Waals surface area contributed by atoms with Gasteiger partial charge in [0.25, 0.3) is 0 Å². The number of H-pyrrole nitrogens is 1. The largest absolute Gasteiger partial charge is 0.542 e. The summed E-state index contributed by atoms with van der Waals surface area (Å²) in [5, 5.41) is 21.4. The first-order chi connectivity index (χ1) is 23.0. The number of fused-ring (bicyclic) bond motifs is 1. The van der Waals surface area contributed by atoms with E-state index in [9.17, 15) is 35.9 Å². The van der Waals surface area contributed by atoms with Crippen molar-refractivity contribution in [2.24, 2.45) is 0 Å². The number of carbonyl (C=O) groups is 4. The number of hydrogen-bond donors (Lipinski definition) is 3. The number of unbranched alkanes of at least 4 members (excludes halogenated alkanes) is 2. The third kappa shape index (κ3) is 14.5. The van der Waals surface area contributed by atoms with Crippen LogP contribution in [0.25, 0.3) is 22.0 Å². The maximum Gasteiger partial charge on any atom is 0.490 e. The topological polar surface area (TPSA) is 155 Å². The van der Waals surface area contributed by atoms with Crippen molar-refractivity contribution in [3.05, 3.63) is 54.5 Å². The summed E-state index contributed by atoms with van der Waals surface area (Å²) in [5.41, 5.74) is 1.98. The molecule has 0 saturated heterocycles. The second-order valence-electron chi connectivity index (χ2n) is 11.0. The minimum atomic E-state index is -5.19. The minimum Gasteiger partial charge on any atom is -0.542 e. The molecule has 0 saturated carbocycles. The Morgan fingerprint density at radius 2 is 1.65 bits per heavy atom. The van der Waals surface area contributed by atoms with Gasteiger partial charge in [0.2, 0.25) is 5.91 Å². The van der Waals surface area contributed by atoms with Gasteiger partial charge in [-0.1, -0.05) is 56.2 Å². The second kappa shape index (κ2) is 19.3. The lowest BCUT2D eigenvalue weighted by Crippen LogP contribution is -2.37. The van der Waals surface area contributed by atoms with E-state index >= 15 is 0 Å². The fraction of sp³-hybridized carbons (Fsp3) is 0.455. The highest BCUT2D eigenvalue weighted by molar-refractivity contribution is 5.87. The molecule has 0 bridgehead atoms. The van der Waals surface area contributed by atoms with Gasteiger partial charge in [-0.2, -0.15) is 26.3 Å². The van der Waals surface area contributed by atoms with E-state index in [1.165, 1.54) is 17.2 Å². The van der Waals surface area contributed by atoms with Crippen LogP contribution in [-0.2, 0) is 19.2 Å². The SMILES string of the molecule is CCC(=O)CCCCCC(C(=O)NCC[N+]1=CCCC1)c1ncc(-c2ccc3ccccc3c2)[nH]1.O=C(O)C(F)(F)F.O=C([O-])C(F)(F)F. The van der Waals surface area contributed by atoms with Gasteiger partial charge in [-0.05, 0) is 29.7 Å². The number of carboxylic acids is 2. The van der Waals surface area contributed by atoms with Crippen molar-refractivity contribution in [3.63, 3.8) is 0 Å². The van der Waals surface area contributed by atoms with Crippen LogP contribution in [0.15, 0.2) is 48.7 Å². The summed E-state index contributed by atoms with van der Waals surface area (Å²) in [6, 6.07) is 14.6. The van der Waals surface area contributed by atoms with E-state index in [-0.39, 0.29) is 11.8 Å². The van der Waals surface area contributed by atoms with Crippen molar-refractivity contribution in [3.8, 4) is 11.3 Å². The summed E-state index contributed by atoms with van der Waals surface area (Å²) in [6.07, 6.45) is 0.761. The maximum atomic E-state index is 13.2. The molecule has 3 N–H and O–H groups in total. The first-order valence-corrected chi connectivity index (χ1v) is 15.5. The van der Waals surface area contributed by atoms with Crippen LogP contribution in [0.4, 0.5) is 26.3 Å². The van der Waals surface area contributed by atoms with Crippen LogP contribution in [0.1, 0.15) is 70.0 Å². The predicted octanol–water partition coefficient (Wildman–Crippen LogP) is 5.17. The number of ketones is 1. The second-order valence-corrected chi connectivity index (χ2v) is 11.0. The Morgan fingerprint density at radius 3 is 2.22 bits per heavy atom. The first kappa shape index (κ1) is 40.4. The molecule has 10 nitrogen and oxygen atoms in total. The molecule has 268 valence electrons. The van der Waals surface area contributed by atoms with Gasteiger partial charge in [-0.3, -0.25) is 9.59 Å². The van der Waals surface area contributed by atoms with Gasteiger partial charge < -0.3 is 25.3 Å². The highest BCUT2D eigenvalue weighted by Gasteiger charge is 2.38. The van der Waals surface area contributed by atoms with Crippen LogP contribution in [-0.4, -0.2) is 81.5 Å². The van der Waals surface area contributed by atoms with Gasteiger partial charge in [0.05, 0.1) is 24.4 Å². The predicted molar refractivity (Wildman–Crippen MR) is 166 cm³/mol. The molecule has 0 fully saturated rings. The molecule has 16 heteroatoms. The van der Waals surface area contributed by atoms with Crippen LogP contribution >= 0.6 is 0 Å². The van der Waals surface area contributed by atoms with Crippen LogP contribution in [0.5, 0.6) is 0 Å². The maximum absolute atomic E-state index is 13.2. The molecule has 1 aliphatic rings. The number of nitrogens with one attached hydrogen (secondary N) is 2. The average Bonchev–Trinajstić information content (AvgIpc) is 3.75. The molecule has 0 spiro atoms. The quantitative estimate of drug-likeness (QED) is 0.126. The monoisotopic (exact) mass is 700 g/mol. The molecule has 4 rings (SSSR count). The number of aromatic amines is 1. The van der Waals surface area contributed by atoms with Crippen molar-refractivity contribution in [2.45, 2.75) is 76.6 Å². The summed E-state index contributed by atoms with van der Waals surface area (Å²) < 4.78 is 65.6. The number of carboxylic acid groups (broad SMARTS) is 2. The van der Waals surface area contributed by atoms with Crippen LogP contribution in [0.2, 0.25) is 0 Å². The molecule has 1 amide bonds. The van der Waals surface area contributed by atoms with Crippen LogP contribution < -0.4 is 10.4 Å². The number of nitrogens with zero attached hydrogens (tertiary/aromatic N) is 2. The van der Waals surface area contributed by atoms with Gasteiger partial charge in [0.15, 0.2) is 6.54 Å². The fourth-order valence-corrected chi connectivity index (χ4v) is 4.74. The molecule has 0 aliphatic carbocycles. The van der Waals surface area contributed by atoms with Gasteiger partial charge in [-0.25, -0.2) is 14.4 Å². The number of benzene rings is 2. The Morgan fingerprint density at radius 1 is 1.00 bits per heavy atom. The number of aliphatic carboxylic acids is 2. The number of amides is 1. The standard InChI is InChI=1S/C29H36N4O2.2C2HF3O2/c1-2-25(34)12-4-3-5-13-26(29(35)30-16-19-33-17-8-9-18-33)28-31-21-27(32-28)24-15-14-22-10-6-7-11-23(22)20-24;2*3-2(4,5)1(6)7/h6-7,10-11,14-15,17,20-21,26H,2-5,8-9,12-13,16,18-19H2,1H3,(H-,30,31,32,35);2*(H,6,7). The highest BCUT2D eigenvalue weighted by atomic mass is 19.4. The van der Waals surface area contributed by atoms with E-state index in [1.54, 1.807) is 0 Å². The first-order valence-electron chi connectivity index (χ1n) is 15.5. The number of aromatic nitrogens is 2. The molecule has 3 aromatic rings. The van der Waals surface area contributed by atoms with E-state index < -0.39 is 24.3 Å². The zero-order valence-electron chi connectivity index (χ0n) is 26.7. The number of alkyl halides is 6. The molecule has 49 heavy (non-hydrogen) atoms. The van der Waals surface area contributed by atoms with Gasteiger partial charge >= 0.3 is 18.3 Å². The molecule has 1 aliphatic heterocycles. The lowest BCUT2D eigenvalue weighted by atomic mass is 9.98. The Kier molecular flexibility index (Phi) is 15.9. The van der Waals surface area contributed by atoms with Gasteiger partial charge in [0, 0.05) is 31.2 Å². The Labute approximate surface area is 278 Å². The molecule has 1 atom stereocenters. The summed E-state index contributed by atoms with van der Waals surface area (Å²) in [4.78, 5) is 50.5. The van der Waals surface area contributed by atoms with Crippen molar-refractivity contribution in [2.75, 3.05) is 19.6 Å². The number of imidazole rings is 1. The summed E-state index contributed by atoms with van der Waals surface area (Å²) in [5.74, 6) is -5.05. The van der Waals surface area contributed by atoms with Gasteiger partial charge in [0.1, 0.15) is 30.3 Å². The number of carbonyl (C=O) groups excluding carboxylic acids is 3. The minimum absolute atomic E-state index is 0.0215. The number of hydrogen-bond acceptors (Lipinski definition) is 6. The normalized spacial score (nSPS) is 13.3. The third-order valence-electron chi connectivity index (χ3n) is 7.35. The summed E-state index contributed by atoms with van der Waals surface area (Å²) in [7, 11) is 0. The van der Waals surface area contributed by atoms with Crippen molar-refractivity contribution < 1.29 is 60.3 Å². The Hall–Kier alpha value is -4.76. The van der Waals surface area contributed by atoms with E-state index in [0.717, 1.165) is 50.0 Å². The summed E-state index contributed by atoms with van der Waals surface area (Å²) in [6.45, 7) is 4.46. The van der Waals surface area contributed by atoms with Crippen molar-refractivity contribution in [1.82, 2.24) is 15.3 Å². The van der Waals surface area contributed by atoms with E-state index in [2.05, 4.69) is 56.4 Å². The van der Waals surface area contributed by atoms with Crippen molar-refractivity contribution >= 4 is 40.6 Å². The smallest absolute Gasteiger partial charge is 0.490 e. The highest BCUT2D eigenvalue weighted by Crippen LogP contribution is 2.27. The molecule has 2 aromatic carbocycles. The number of Topliss-reactive ketones (excluding diaryl/α,β-unsaturated/α-hetero) is 1. The zero-order chi connectivity index (χ0) is 36.6. The average molecular weight is 701 g/mol. The van der Waals surface area contributed by atoms with E-state index in [1.807, 2.05) is 25.3 Å². The van der Waals surface area contributed by atoms with E-state index in [4.69, 9.17) is 19.8 Å². The third-order valence-corrected chi connectivity index (χ3v) is 7.35. The lowest BCUT2D eigenvalue weighted by molar-refractivity contribution is -0.513. The Bertz CT molecular complexity index is 1560. The molecule has 1 unspecified atom stereocenters. The molecule has 1 aromatic heterocycles. The lowest BCUT2D eigenvalue weighted by Gasteiger charge is -2.15. The summed E-state index contributed by atoms with van der Waals surface area (Å²) >= 11 is 0. The van der Waals surface area contributed by atoms with Gasteiger partial charge in [-0.15, -0.1) is 0 Å².